The Morgan fingerprint density at radius 2 is 1.79 bits per heavy atom. The van der Waals surface area contributed by atoms with Gasteiger partial charge in [-0.2, -0.15) is 0 Å². The number of carbonyl (C=O) groups excluding carboxylic acids is 1. The molecule has 192 valence electrons. The van der Waals surface area contributed by atoms with Gasteiger partial charge in [-0.3, -0.25) is 10.1 Å². The van der Waals surface area contributed by atoms with Gasteiger partial charge in [0.15, 0.2) is 16.5 Å². The molecule has 3 aromatic carbocycles. The zero-order valence-electron chi connectivity index (χ0n) is 20.5. The number of nitrogens with one attached hydrogen (secondary N) is 2. The summed E-state index contributed by atoms with van der Waals surface area (Å²) in [6.07, 6.45) is 0. The monoisotopic (exact) mass is 563 g/mol. The second kappa shape index (κ2) is 11.0. The minimum atomic E-state index is -0.473. The topological polar surface area (TPSA) is 80.3 Å². The van der Waals surface area contributed by atoms with Crippen LogP contribution in [-0.4, -0.2) is 16.0 Å². The summed E-state index contributed by atoms with van der Waals surface area (Å²) >= 11 is 17.6. The molecule has 0 spiro atoms. The van der Waals surface area contributed by atoms with Crippen molar-refractivity contribution in [2.75, 3.05) is 0 Å². The third kappa shape index (κ3) is 5.60. The molecule has 38 heavy (non-hydrogen) atoms. The standard InChI is InChI=1S/C29H23Cl2N3O3S/c1-16(2)19-10-11-24-22(14-19)33-28(37-24)18-8-6-17(7-9-18)15-32-29(38)34-27(35)25-13-12-23(36-25)20-4-3-5-21(30)26(20)31/h3-14,16H,15H2,1-2H3,(H2,32,34,35,38). The Hall–Kier alpha value is -3.65. The highest BCUT2D eigenvalue weighted by Gasteiger charge is 2.16. The van der Waals surface area contributed by atoms with E-state index in [1.807, 2.05) is 30.3 Å². The predicted octanol–water partition coefficient (Wildman–Crippen LogP) is 7.99. The van der Waals surface area contributed by atoms with Crippen LogP contribution in [0.2, 0.25) is 10.0 Å². The molecule has 0 radical (unpaired) electrons. The first-order valence-electron chi connectivity index (χ1n) is 11.9. The number of amides is 1. The Morgan fingerprint density at radius 1 is 1.00 bits per heavy atom. The molecule has 2 aromatic heterocycles. The lowest BCUT2D eigenvalue weighted by Gasteiger charge is -2.09. The zero-order chi connectivity index (χ0) is 26.8. The van der Waals surface area contributed by atoms with Gasteiger partial charge in [-0.25, -0.2) is 4.98 Å². The van der Waals surface area contributed by atoms with Crippen LogP contribution >= 0.6 is 35.4 Å². The number of nitrogens with zero attached hydrogens (tertiary/aromatic N) is 1. The molecule has 9 heteroatoms. The van der Waals surface area contributed by atoms with Gasteiger partial charge >= 0.3 is 0 Å². The molecule has 0 aliphatic heterocycles. The molecule has 0 aliphatic rings. The summed E-state index contributed by atoms with van der Waals surface area (Å²) in [5, 5.41) is 6.59. The van der Waals surface area contributed by atoms with Crippen LogP contribution in [0, 0.1) is 0 Å². The maximum absolute atomic E-state index is 12.6. The number of fused-ring (bicyclic) bond motifs is 1. The van der Waals surface area contributed by atoms with Gasteiger partial charge in [0.2, 0.25) is 5.89 Å². The largest absolute Gasteiger partial charge is 0.451 e. The summed E-state index contributed by atoms with van der Waals surface area (Å²) in [6, 6.07) is 22.3. The molecule has 0 saturated heterocycles. The van der Waals surface area contributed by atoms with E-state index in [4.69, 9.17) is 44.3 Å². The maximum Gasteiger partial charge on any atom is 0.293 e. The highest BCUT2D eigenvalue weighted by Crippen LogP contribution is 2.34. The van der Waals surface area contributed by atoms with Crippen molar-refractivity contribution in [3.8, 4) is 22.8 Å². The van der Waals surface area contributed by atoms with Crippen LogP contribution in [0.15, 0.2) is 81.6 Å². The van der Waals surface area contributed by atoms with Crippen LogP contribution < -0.4 is 10.6 Å². The van der Waals surface area contributed by atoms with Crippen molar-refractivity contribution in [3.63, 3.8) is 0 Å². The van der Waals surface area contributed by atoms with E-state index in [0.717, 1.165) is 22.2 Å². The average molecular weight is 564 g/mol. The second-order valence-electron chi connectivity index (χ2n) is 9.00. The second-order valence-corrected chi connectivity index (χ2v) is 10.2. The van der Waals surface area contributed by atoms with Crippen molar-refractivity contribution in [2.24, 2.45) is 0 Å². The highest BCUT2D eigenvalue weighted by atomic mass is 35.5. The van der Waals surface area contributed by atoms with Gasteiger partial charge in [-0.1, -0.05) is 61.3 Å². The lowest BCUT2D eigenvalue weighted by Crippen LogP contribution is -2.38. The van der Waals surface area contributed by atoms with Gasteiger partial charge in [0.1, 0.15) is 11.3 Å². The minimum Gasteiger partial charge on any atom is -0.451 e. The molecule has 0 fully saturated rings. The molecule has 0 atom stereocenters. The number of hydrogen-bond acceptors (Lipinski definition) is 5. The number of thiocarbonyl (C=S) groups is 1. The molecule has 0 unspecified atom stereocenters. The van der Waals surface area contributed by atoms with E-state index in [-0.39, 0.29) is 10.9 Å². The molecular weight excluding hydrogens is 541 g/mol. The van der Waals surface area contributed by atoms with E-state index >= 15 is 0 Å². The quantitative estimate of drug-likeness (QED) is 0.204. The van der Waals surface area contributed by atoms with Crippen LogP contribution in [0.5, 0.6) is 0 Å². The number of furan rings is 1. The number of carbonyl (C=O) groups is 1. The number of hydrogen-bond donors (Lipinski definition) is 2. The summed E-state index contributed by atoms with van der Waals surface area (Å²) in [6.45, 7) is 4.72. The first-order chi connectivity index (χ1) is 18.3. The third-order valence-electron chi connectivity index (χ3n) is 6.01. The lowest BCUT2D eigenvalue weighted by molar-refractivity contribution is 0.0950. The zero-order valence-corrected chi connectivity index (χ0v) is 22.9. The highest BCUT2D eigenvalue weighted by molar-refractivity contribution is 7.80. The summed E-state index contributed by atoms with van der Waals surface area (Å²) in [5.74, 6) is 1.05. The smallest absolute Gasteiger partial charge is 0.293 e. The summed E-state index contributed by atoms with van der Waals surface area (Å²) < 4.78 is 11.6. The van der Waals surface area contributed by atoms with Crippen molar-refractivity contribution in [1.82, 2.24) is 15.6 Å². The maximum atomic E-state index is 12.6. The van der Waals surface area contributed by atoms with Crippen molar-refractivity contribution in [2.45, 2.75) is 26.3 Å². The summed E-state index contributed by atoms with van der Waals surface area (Å²) in [7, 11) is 0. The third-order valence-corrected chi connectivity index (χ3v) is 7.07. The van der Waals surface area contributed by atoms with Gasteiger partial charge in [0.05, 0.1) is 10.0 Å². The van der Waals surface area contributed by atoms with E-state index < -0.39 is 5.91 Å². The van der Waals surface area contributed by atoms with Gasteiger partial charge in [0, 0.05) is 17.7 Å². The Morgan fingerprint density at radius 3 is 2.55 bits per heavy atom. The van der Waals surface area contributed by atoms with Crippen molar-refractivity contribution in [1.29, 1.82) is 0 Å². The van der Waals surface area contributed by atoms with Gasteiger partial charge in [-0.05, 0) is 77.8 Å². The van der Waals surface area contributed by atoms with Crippen LogP contribution in [-0.2, 0) is 6.54 Å². The average Bonchev–Trinajstić information content (AvgIpc) is 3.57. The normalized spacial score (nSPS) is 11.2. The van der Waals surface area contributed by atoms with Crippen molar-refractivity contribution < 1.29 is 13.6 Å². The van der Waals surface area contributed by atoms with E-state index in [1.54, 1.807) is 30.3 Å². The van der Waals surface area contributed by atoms with E-state index in [0.29, 0.717) is 39.7 Å². The van der Waals surface area contributed by atoms with Crippen LogP contribution in [0.25, 0.3) is 33.9 Å². The number of halogens is 2. The molecular formula is C29H23Cl2N3O3S. The first kappa shape index (κ1) is 26.0. The fourth-order valence-corrected chi connectivity index (χ4v) is 4.44. The fourth-order valence-electron chi connectivity index (χ4n) is 3.88. The molecule has 0 aliphatic carbocycles. The van der Waals surface area contributed by atoms with Crippen LogP contribution in [0.1, 0.15) is 41.4 Å². The Bertz CT molecular complexity index is 1640. The fraction of sp³-hybridized carbons (Fsp3) is 0.138. The minimum absolute atomic E-state index is 0.100. The SMILES string of the molecule is CC(C)c1ccc2oc(-c3ccc(CNC(=S)NC(=O)c4ccc(-c5cccc(Cl)c5Cl)o4)cc3)nc2c1. The van der Waals surface area contributed by atoms with Crippen LogP contribution in [0.3, 0.4) is 0 Å². The molecule has 1 amide bonds. The van der Waals surface area contributed by atoms with Crippen LogP contribution in [0.4, 0.5) is 0 Å². The Balaban J connectivity index is 1.18. The number of benzene rings is 3. The van der Waals surface area contributed by atoms with Gasteiger partial charge < -0.3 is 14.2 Å². The molecule has 0 saturated carbocycles. The van der Waals surface area contributed by atoms with E-state index in [9.17, 15) is 4.79 Å². The number of aromatic nitrogens is 1. The predicted molar refractivity (Wildman–Crippen MR) is 155 cm³/mol. The molecule has 5 rings (SSSR count). The Labute approximate surface area is 235 Å². The van der Waals surface area contributed by atoms with Gasteiger partial charge in [-0.15, -0.1) is 0 Å². The first-order valence-corrected chi connectivity index (χ1v) is 13.1. The van der Waals surface area contributed by atoms with Gasteiger partial charge in [0.25, 0.3) is 5.91 Å². The summed E-state index contributed by atoms with van der Waals surface area (Å²) in [5.41, 5.74) is 5.27. The molecule has 5 aromatic rings. The molecule has 2 N–H and O–H groups in total. The van der Waals surface area contributed by atoms with Crippen molar-refractivity contribution >= 4 is 57.5 Å². The van der Waals surface area contributed by atoms with Crippen molar-refractivity contribution in [3.05, 3.63) is 99.7 Å². The number of oxazole rings is 1. The molecule has 2 heterocycles. The van der Waals surface area contributed by atoms with E-state index in [1.165, 1.54) is 5.56 Å². The van der Waals surface area contributed by atoms with E-state index in [2.05, 4.69) is 41.6 Å². The lowest BCUT2D eigenvalue weighted by atomic mass is 10.0. The number of rotatable bonds is 6. The molecule has 6 nitrogen and oxygen atoms in total. The Kier molecular flexibility index (Phi) is 7.51. The summed E-state index contributed by atoms with van der Waals surface area (Å²) in [4.78, 5) is 17.2. The molecule has 0 bridgehead atoms.